The fourth-order valence-electron chi connectivity index (χ4n) is 1.66. The number of nitriles is 2. The van der Waals surface area contributed by atoms with Gasteiger partial charge in [-0.3, -0.25) is 9.69 Å². The molecule has 0 aliphatic carbocycles. The van der Waals surface area contributed by atoms with E-state index in [1.165, 1.54) is 0 Å². The molecule has 0 unspecified atom stereocenters. The summed E-state index contributed by atoms with van der Waals surface area (Å²) in [5.41, 5.74) is 0.690. The summed E-state index contributed by atoms with van der Waals surface area (Å²) in [5.74, 6) is 0.0846. The first-order valence-corrected chi connectivity index (χ1v) is 6.71. The highest BCUT2D eigenvalue weighted by Gasteiger charge is 2.08. The van der Waals surface area contributed by atoms with Crippen molar-refractivity contribution in [1.29, 1.82) is 10.5 Å². The molecule has 0 atom stereocenters. The van der Waals surface area contributed by atoms with Crippen molar-refractivity contribution >= 4 is 21.7 Å². The molecule has 0 bridgehead atoms. The Kier molecular flexibility index (Phi) is 6.81. The molecule has 0 radical (unpaired) electrons. The second kappa shape index (κ2) is 8.42. The van der Waals surface area contributed by atoms with Gasteiger partial charge in [0, 0.05) is 23.0 Å². The Balaban J connectivity index is 2.40. The van der Waals surface area contributed by atoms with Crippen molar-refractivity contribution in [3.05, 3.63) is 34.3 Å². The SMILES string of the molecule is N#CCN(CC#N)CCCC(=O)c1ccc(Br)cc1. The number of hydrogen-bond donors (Lipinski definition) is 0. The van der Waals surface area contributed by atoms with Gasteiger partial charge in [0.2, 0.25) is 0 Å². The van der Waals surface area contributed by atoms with Crippen LogP contribution in [-0.4, -0.2) is 30.3 Å². The highest BCUT2D eigenvalue weighted by atomic mass is 79.9. The van der Waals surface area contributed by atoms with E-state index >= 15 is 0 Å². The van der Waals surface area contributed by atoms with E-state index in [0.717, 1.165) is 4.47 Å². The predicted octanol–water partition coefficient (Wildman–Crippen LogP) is 2.76. The second-order valence-electron chi connectivity index (χ2n) is 4.06. The normalized spacial score (nSPS) is 9.89. The number of rotatable bonds is 7. The van der Waals surface area contributed by atoms with Crippen LogP contribution in [0.2, 0.25) is 0 Å². The fraction of sp³-hybridized carbons (Fsp3) is 0.357. The largest absolute Gasteiger partial charge is 0.294 e. The molecule has 0 saturated heterocycles. The summed E-state index contributed by atoms with van der Waals surface area (Å²) < 4.78 is 0.943. The number of Topliss-reactive ketones (excluding diaryl/α,β-unsaturated/α-hetero) is 1. The molecule has 98 valence electrons. The second-order valence-corrected chi connectivity index (χ2v) is 4.98. The Bertz CT molecular complexity index is 483. The van der Waals surface area contributed by atoms with Gasteiger partial charge in [0.05, 0.1) is 25.2 Å². The molecule has 0 fully saturated rings. The molecule has 0 N–H and O–H groups in total. The van der Waals surface area contributed by atoms with Gasteiger partial charge in [-0.1, -0.05) is 28.1 Å². The van der Waals surface area contributed by atoms with Gasteiger partial charge in [0.1, 0.15) is 0 Å². The van der Waals surface area contributed by atoms with Crippen LogP contribution in [0.4, 0.5) is 0 Å². The van der Waals surface area contributed by atoms with E-state index in [2.05, 4.69) is 15.9 Å². The first-order valence-electron chi connectivity index (χ1n) is 5.92. The maximum atomic E-state index is 11.9. The molecule has 0 aliphatic rings. The van der Waals surface area contributed by atoms with Crippen LogP contribution in [0.5, 0.6) is 0 Å². The molecular weight excluding hydrogens is 306 g/mol. The zero-order chi connectivity index (χ0) is 14.1. The monoisotopic (exact) mass is 319 g/mol. The third-order valence-electron chi connectivity index (χ3n) is 2.63. The lowest BCUT2D eigenvalue weighted by Crippen LogP contribution is -2.26. The van der Waals surface area contributed by atoms with Crippen LogP contribution in [0.25, 0.3) is 0 Å². The fourth-order valence-corrected chi connectivity index (χ4v) is 1.92. The van der Waals surface area contributed by atoms with Crippen molar-refractivity contribution in [3.8, 4) is 12.1 Å². The molecule has 0 amide bonds. The molecular formula is C14H14BrN3O. The van der Waals surface area contributed by atoms with Crippen molar-refractivity contribution in [2.75, 3.05) is 19.6 Å². The summed E-state index contributed by atoms with van der Waals surface area (Å²) in [6.45, 7) is 1.03. The lowest BCUT2D eigenvalue weighted by Gasteiger charge is -2.14. The average Bonchev–Trinajstić information content (AvgIpc) is 2.40. The first-order chi connectivity index (χ1) is 9.17. The number of benzene rings is 1. The summed E-state index contributed by atoms with van der Waals surface area (Å²) in [7, 11) is 0. The zero-order valence-electron chi connectivity index (χ0n) is 10.5. The molecule has 0 saturated carbocycles. The van der Waals surface area contributed by atoms with E-state index < -0.39 is 0 Å². The van der Waals surface area contributed by atoms with Crippen molar-refractivity contribution in [3.63, 3.8) is 0 Å². The van der Waals surface area contributed by atoms with Gasteiger partial charge >= 0.3 is 0 Å². The van der Waals surface area contributed by atoms with Gasteiger partial charge in [-0.25, -0.2) is 0 Å². The van der Waals surface area contributed by atoms with Crippen LogP contribution >= 0.6 is 15.9 Å². The summed E-state index contributed by atoms with van der Waals surface area (Å²) in [5, 5.41) is 17.2. The molecule has 0 aromatic heterocycles. The average molecular weight is 320 g/mol. The van der Waals surface area contributed by atoms with Crippen LogP contribution < -0.4 is 0 Å². The maximum Gasteiger partial charge on any atom is 0.162 e. The smallest absolute Gasteiger partial charge is 0.162 e. The number of halogens is 1. The van der Waals surface area contributed by atoms with E-state index in [0.29, 0.717) is 24.9 Å². The summed E-state index contributed by atoms with van der Waals surface area (Å²) >= 11 is 3.32. The van der Waals surface area contributed by atoms with E-state index in [-0.39, 0.29) is 18.9 Å². The van der Waals surface area contributed by atoms with Crippen LogP contribution in [-0.2, 0) is 0 Å². The zero-order valence-corrected chi connectivity index (χ0v) is 12.1. The molecule has 0 heterocycles. The van der Waals surface area contributed by atoms with Crippen molar-refractivity contribution in [2.45, 2.75) is 12.8 Å². The Hall–Kier alpha value is -1.69. The van der Waals surface area contributed by atoms with E-state index in [1.54, 1.807) is 17.0 Å². The van der Waals surface area contributed by atoms with E-state index in [1.807, 2.05) is 24.3 Å². The van der Waals surface area contributed by atoms with Crippen molar-refractivity contribution in [1.82, 2.24) is 4.90 Å². The Morgan fingerprint density at radius 2 is 1.74 bits per heavy atom. The number of nitrogens with zero attached hydrogens (tertiary/aromatic N) is 3. The topological polar surface area (TPSA) is 67.9 Å². The summed E-state index contributed by atoms with van der Waals surface area (Å²) in [6.07, 6.45) is 1.08. The van der Waals surface area contributed by atoms with Crippen LogP contribution in [0.3, 0.4) is 0 Å². The highest BCUT2D eigenvalue weighted by molar-refractivity contribution is 9.10. The van der Waals surface area contributed by atoms with Crippen molar-refractivity contribution in [2.24, 2.45) is 0 Å². The first kappa shape index (κ1) is 15.4. The number of ketones is 1. The van der Waals surface area contributed by atoms with E-state index in [9.17, 15) is 4.79 Å². The molecule has 5 heteroatoms. The molecule has 1 rings (SSSR count). The molecule has 19 heavy (non-hydrogen) atoms. The van der Waals surface area contributed by atoms with Gasteiger partial charge in [-0.05, 0) is 18.6 Å². The van der Waals surface area contributed by atoms with Gasteiger partial charge in [-0.2, -0.15) is 10.5 Å². The minimum atomic E-state index is 0.0846. The molecule has 0 aliphatic heterocycles. The van der Waals surface area contributed by atoms with Crippen LogP contribution in [0, 0.1) is 22.7 Å². The minimum Gasteiger partial charge on any atom is -0.294 e. The lowest BCUT2D eigenvalue weighted by molar-refractivity contribution is 0.0976. The number of hydrogen-bond acceptors (Lipinski definition) is 4. The Labute approximate surface area is 121 Å². The van der Waals surface area contributed by atoms with Gasteiger partial charge in [-0.15, -0.1) is 0 Å². The summed E-state index contributed by atoms with van der Waals surface area (Å²) in [6, 6.07) is 11.3. The Morgan fingerprint density at radius 3 is 2.26 bits per heavy atom. The third-order valence-corrected chi connectivity index (χ3v) is 3.16. The molecule has 1 aromatic carbocycles. The Morgan fingerprint density at radius 1 is 1.16 bits per heavy atom. The number of carbonyl (C=O) groups is 1. The predicted molar refractivity (Wildman–Crippen MR) is 75.4 cm³/mol. The van der Waals surface area contributed by atoms with Gasteiger partial charge in [0.25, 0.3) is 0 Å². The standard InChI is InChI=1S/C14H14BrN3O/c15-13-5-3-12(4-6-13)14(19)2-1-9-18(10-7-16)11-8-17/h3-6H,1-2,9-11H2. The number of carbonyl (C=O) groups excluding carboxylic acids is 1. The molecule has 4 nitrogen and oxygen atoms in total. The highest BCUT2D eigenvalue weighted by Crippen LogP contribution is 2.12. The van der Waals surface area contributed by atoms with Gasteiger partial charge < -0.3 is 0 Å². The maximum absolute atomic E-state index is 11.9. The molecule has 1 aromatic rings. The molecule has 0 spiro atoms. The third kappa shape index (κ3) is 5.65. The van der Waals surface area contributed by atoms with Gasteiger partial charge in [0.15, 0.2) is 5.78 Å². The van der Waals surface area contributed by atoms with Crippen LogP contribution in [0.1, 0.15) is 23.2 Å². The van der Waals surface area contributed by atoms with Crippen molar-refractivity contribution < 1.29 is 4.79 Å². The van der Waals surface area contributed by atoms with E-state index in [4.69, 9.17) is 10.5 Å². The quantitative estimate of drug-likeness (QED) is 0.572. The lowest BCUT2D eigenvalue weighted by atomic mass is 10.1. The summed E-state index contributed by atoms with van der Waals surface area (Å²) in [4.78, 5) is 13.6. The minimum absolute atomic E-state index is 0.0846. The van der Waals surface area contributed by atoms with Crippen LogP contribution in [0.15, 0.2) is 28.7 Å².